The summed E-state index contributed by atoms with van der Waals surface area (Å²) >= 11 is 0. The van der Waals surface area contributed by atoms with Gasteiger partial charge in [-0.15, -0.1) is 0 Å². The van der Waals surface area contributed by atoms with Gasteiger partial charge in [-0.1, -0.05) is 12.1 Å². The Morgan fingerprint density at radius 1 is 1.15 bits per heavy atom. The number of sulfonamides is 1. The van der Waals surface area contributed by atoms with Gasteiger partial charge in [0.15, 0.2) is 0 Å². The Bertz CT molecular complexity index is 678. The SMILES string of the molecule is CS(=O)(=O)NCC1(c2ccc(OCCCN3CCCC3)cc2)CCOCC1. The second kappa shape index (κ2) is 9.37. The van der Waals surface area contributed by atoms with Gasteiger partial charge in [0, 0.05) is 31.7 Å². The third-order valence-electron chi connectivity index (χ3n) is 5.68. The molecule has 0 saturated carbocycles. The lowest BCUT2D eigenvalue weighted by molar-refractivity contribution is 0.0517. The first-order valence-electron chi connectivity index (χ1n) is 9.95. The van der Waals surface area contributed by atoms with Crippen LogP contribution in [0, 0.1) is 0 Å². The number of nitrogens with zero attached hydrogens (tertiary/aromatic N) is 1. The molecule has 0 spiro atoms. The standard InChI is InChI=1S/C20H32N2O4S/c1-27(23,24)21-17-20(9-15-25-16-10-20)18-5-7-19(8-6-18)26-14-4-13-22-11-2-3-12-22/h5-8,21H,2-4,9-17H2,1H3. The van der Waals surface area contributed by atoms with Crippen molar-refractivity contribution in [1.29, 1.82) is 0 Å². The van der Waals surface area contributed by atoms with Crippen LogP contribution in [0.1, 0.15) is 37.7 Å². The zero-order chi connectivity index (χ0) is 19.2. The summed E-state index contributed by atoms with van der Waals surface area (Å²) in [5.41, 5.74) is 0.932. The Morgan fingerprint density at radius 2 is 1.81 bits per heavy atom. The first-order valence-corrected chi connectivity index (χ1v) is 11.8. The van der Waals surface area contributed by atoms with Gasteiger partial charge in [-0.05, 0) is 62.9 Å². The number of benzene rings is 1. The van der Waals surface area contributed by atoms with Crippen molar-refractivity contribution in [3.63, 3.8) is 0 Å². The molecule has 27 heavy (non-hydrogen) atoms. The highest BCUT2D eigenvalue weighted by atomic mass is 32.2. The Labute approximate surface area is 163 Å². The van der Waals surface area contributed by atoms with E-state index in [9.17, 15) is 8.42 Å². The molecule has 1 aromatic rings. The van der Waals surface area contributed by atoms with E-state index in [4.69, 9.17) is 9.47 Å². The van der Waals surface area contributed by atoms with Crippen LogP contribution in [0.25, 0.3) is 0 Å². The van der Waals surface area contributed by atoms with Crippen molar-refractivity contribution < 1.29 is 17.9 Å². The molecular weight excluding hydrogens is 364 g/mol. The van der Waals surface area contributed by atoms with Crippen molar-refractivity contribution in [2.75, 3.05) is 52.3 Å². The summed E-state index contributed by atoms with van der Waals surface area (Å²) in [6.07, 6.45) is 6.52. The van der Waals surface area contributed by atoms with Crippen LogP contribution in [-0.4, -0.2) is 65.6 Å². The minimum absolute atomic E-state index is 0.213. The fourth-order valence-electron chi connectivity index (χ4n) is 3.99. The van der Waals surface area contributed by atoms with Crippen molar-refractivity contribution in [3.8, 4) is 5.75 Å². The quantitative estimate of drug-likeness (QED) is 0.648. The summed E-state index contributed by atoms with van der Waals surface area (Å²) < 4.78 is 37.2. The summed E-state index contributed by atoms with van der Waals surface area (Å²) in [6.45, 7) is 6.00. The molecule has 0 unspecified atom stereocenters. The maximum atomic E-state index is 11.6. The molecule has 152 valence electrons. The Morgan fingerprint density at radius 3 is 2.44 bits per heavy atom. The first-order chi connectivity index (χ1) is 13.0. The van der Waals surface area contributed by atoms with E-state index in [-0.39, 0.29) is 5.41 Å². The van der Waals surface area contributed by atoms with Crippen molar-refractivity contribution in [2.45, 2.75) is 37.5 Å². The molecule has 2 aliphatic heterocycles. The van der Waals surface area contributed by atoms with Crippen molar-refractivity contribution >= 4 is 10.0 Å². The highest BCUT2D eigenvalue weighted by Crippen LogP contribution is 2.35. The monoisotopic (exact) mass is 396 g/mol. The highest BCUT2D eigenvalue weighted by Gasteiger charge is 2.35. The summed E-state index contributed by atoms with van der Waals surface area (Å²) in [6, 6.07) is 8.15. The molecule has 2 aliphatic rings. The van der Waals surface area contributed by atoms with Gasteiger partial charge < -0.3 is 14.4 Å². The number of hydrogen-bond donors (Lipinski definition) is 1. The molecule has 1 aromatic carbocycles. The largest absolute Gasteiger partial charge is 0.494 e. The van der Waals surface area contributed by atoms with Gasteiger partial charge in [-0.2, -0.15) is 0 Å². The molecule has 2 saturated heterocycles. The lowest BCUT2D eigenvalue weighted by atomic mass is 9.74. The van der Waals surface area contributed by atoms with Gasteiger partial charge in [0.1, 0.15) is 5.75 Å². The highest BCUT2D eigenvalue weighted by molar-refractivity contribution is 7.88. The third kappa shape index (κ3) is 6.17. The fourth-order valence-corrected chi connectivity index (χ4v) is 4.53. The van der Waals surface area contributed by atoms with Crippen LogP contribution in [0.3, 0.4) is 0 Å². The molecule has 3 rings (SSSR count). The fraction of sp³-hybridized carbons (Fsp3) is 0.700. The second-order valence-electron chi connectivity index (χ2n) is 7.76. The predicted octanol–water partition coefficient (Wildman–Crippen LogP) is 2.15. The van der Waals surface area contributed by atoms with Crippen molar-refractivity contribution in [2.24, 2.45) is 0 Å². The van der Waals surface area contributed by atoms with Crippen LogP contribution in [0.15, 0.2) is 24.3 Å². The molecule has 1 N–H and O–H groups in total. The van der Waals surface area contributed by atoms with E-state index in [2.05, 4.69) is 21.8 Å². The maximum absolute atomic E-state index is 11.6. The number of likely N-dealkylation sites (tertiary alicyclic amines) is 1. The molecule has 0 aromatic heterocycles. The van der Waals surface area contributed by atoms with E-state index in [0.29, 0.717) is 19.8 Å². The number of nitrogens with one attached hydrogen (secondary N) is 1. The molecule has 0 atom stereocenters. The molecule has 0 aliphatic carbocycles. The number of rotatable bonds is 9. The van der Waals surface area contributed by atoms with Crippen LogP contribution in [-0.2, 0) is 20.2 Å². The Kier molecular flexibility index (Phi) is 7.14. The molecule has 7 heteroatoms. The molecule has 0 bridgehead atoms. The van der Waals surface area contributed by atoms with Gasteiger partial charge in [0.05, 0.1) is 12.9 Å². The Hall–Kier alpha value is -1.15. The summed E-state index contributed by atoms with van der Waals surface area (Å²) in [5.74, 6) is 0.874. The van der Waals surface area contributed by atoms with Crippen LogP contribution in [0.4, 0.5) is 0 Å². The first kappa shape index (κ1) is 20.6. The second-order valence-corrected chi connectivity index (χ2v) is 9.59. The van der Waals surface area contributed by atoms with Gasteiger partial charge in [0.25, 0.3) is 0 Å². The summed E-state index contributed by atoms with van der Waals surface area (Å²) in [4.78, 5) is 2.50. The van der Waals surface area contributed by atoms with E-state index < -0.39 is 10.0 Å². The summed E-state index contributed by atoms with van der Waals surface area (Å²) in [7, 11) is -3.22. The van der Waals surface area contributed by atoms with Crippen LogP contribution in [0.5, 0.6) is 5.75 Å². The van der Waals surface area contributed by atoms with Gasteiger partial charge in [0.2, 0.25) is 10.0 Å². The maximum Gasteiger partial charge on any atom is 0.208 e. The smallest absolute Gasteiger partial charge is 0.208 e. The van der Waals surface area contributed by atoms with Crippen LogP contribution >= 0.6 is 0 Å². The zero-order valence-electron chi connectivity index (χ0n) is 16.3. The van der Waals surface area contributed by atoms with E-state index in [1.807, 2.05) is 12.1 Å². The number of hydrogen-bond acceptors (Lipinski definition) is 5. The minimum atomic E-state index is -3.22. The average molecular weight is 397 g/mol. The normalized spacial score (nSPS) is 20.6. The van der Waals surface area contributed by atoms with E-state index >= 15 is 0 Å². The molecule has 2 fully saturated rings. The lowest BCUT2D eigenvalue weighted by Gasteiger charge is -2.37. The molecule has 0 amide bonds. The molecular formula is C20H32N2O4S. The Balaban J connectivity index is 1.55. The lowest BCUT2D eigenvalue weighted by Crippen LogP contribution is -2.44. The molecule has 2 heterocycles. The minimum Gasteiger partial charge on any atom is -0.494 e. The summed E-state index contributed by atoms with van der Waals surface area (Å²) in [5, 5.41) is 0. The average Bonchev–Trinajstić information content (AvgIpc) is 3.18. The molecule has 0 radical (unpaired) electrons. The van der Waals surface area contributed by atoms with Crippen LogP contribution in [0.2, 0.25) is 0 Å². The van der Waals surface area contributed by atoms with Crippen molar-refractivity contribution in [3.05, 3.63) is 29.8 Å². The van der Waals surface area contributed by atoms with E-state index in [1.54, 1.807) is 0 Å². The van der Waals surface area contributed by atoms with E-state index in [0.717, 1.165) is 43.7 Å². The van der Waals surface area contributed by atoms with Crippen LogP contribution < -0.4 is 9.46 Å². The number of ether oxygens (including phenoxy) is 2. The molecule has 6 nitrogen and oxygen atoms in total. The topological polar surface area (TPSA) is 67.9 Å². The van der Waals surface area contributed by atoms with Gasteiger partial charge in [-0.25, -0.2) is 13.1 Å². The zero-order valence-corrected chi connectivity index (χ0v) is 17.1. The third-order valence-corrected chi connectivity index (χ3v) is 6.34. The van der Waals surface area contributed by atoms with Gasteiger partial charge in [-0.3, -0.25) is 0 Å². The van der Waals surface area contributed by atoms with Gasteiger partial charge >= 0.3 is 0 Å². The van der Waals surface area contributed by atoms with E-state index in [1.165, 1.54) is 32.2 Å². The van der Waals surface area contributed by atoms with Crippen molar-refractivity contribution in [1.82, 2.24) is 9.62 Å². The predicted molar refractivity (Wildman–Crippen MR) is 107 cm³/mol.